The molecule has 5 heterocycles. The molecule has 0 aliphatic rings. The van der Waals surface area contributed by atoms with Crippen LogP contribution in [0.2, 0.25) is 0 Å². The van der Waals surface area contributed by atoms with E-state index in [1.165, 1.54) is 0 Å². The Hall–Kier alpha value is -8.81. The molecule has 0 atom stereocenters. The molecule has 7 nitrogen and oxygen atoms in total. The average Bonchev–Trinajstić information content (AvgIpc) is 4.12. The van der Waals surface area contributed by atoms with Crippen molar-refractivity contribution in [2.75, 3.05) is 0 Å². The third-order valence-electron chi connectivity index (χ3n) is 12.5. The Morgan fingerprint density at radius 3 is 1.02 bits per heavy atom. The van der Waals surface area contributed by atoms with Crippen LogP contribution in [0.4, 0.5) is 0 Å². The lowest BCUT2D eigenvalue weighted by Crippen LogP contribution is -2.00. The first-order valence-electron chi connectivity index (χ1n) is 21.2. The van der Waals surface area contributed by atoms with Crippen molar-refractivity contribution in [3.8, 4) is 56.4 Å². The van der Waals surface area contributed by atoms with Gasteiger partial charge in [0.2, 0.25) is 0 Å². The number of rotatable bonds is 5. The average molecular weight is 822 g/mol. The minimum atomic E-state index is 0.544. The monoisotopic (exact) mass is 821 g/mol. The Balaban J connectivity index is 0.860. The summed E-state index contributed by atoms with van der Waals surface area (Å²) in [4.78, 5) is 15.3. The first kappa shape index (κ1) is 34.9. The van der Waals surface area contributed by atoms with Gasteiger partial charge in [-0.3, -0.25) is 0 Å². The summed E-state index contributed by atoms with van der Waals surface area (Å²) < 4.78 is 25.2. The zero-order chi connectivity index (χ0) is 41.9. The maximum Gasteiger partial charge on any atom is 0.164 e. The van der Waals surface area contributed by atoms with Crippen molar-refractivity contribution in [2.24, 2.45) is 0 Å². The molecule has 0 aliphatic carbocycles. The van der Waals surface area contributed by atoms with Gasteiger partial charge < -0.3 is 17.7 Å². The van der Waals surface area contributed by atoms with E-state index in [9.17, 15) is 0 Å². The fourth-order valence-electron chi connectivity index (χ4n) is 9.38. The van der Waals surface area contributed by atoms with E-state index in [-0.39, 0.29) is 0 Å². The molecule has 14 aromatic rings. The van der Waals surface area contributed by atoms with Gasteiger partial charge in [0.1, 0.15) is 44.7 Å². The molecule has 7 heteroatoms. The van der Waals surface area contributed by atoms with E-state index in [2.05, 4.69) is 115 Å². The molecule has 0 N–H and O–H groups in total. The normalized spacial score (nSPS) is 12.1. The first-order chi connectivity index (χ1) is 31.6. The summed E-state index contributed by atoms with van der Waals surface area (Å²) in [6.07, 6.45) is 0. The second-order valence-corrected chi connectivity index (χ2v) is 16.3. The summed E-state index contributed by atoms with van der Waals surface area (Å²) in [5.41, 5.74) is 13.3. The number of hydrogen-bond donors (Lipinski definition) is 0. The van der Waals surface area contributed by atoms with Crippen LogP contribution < -0.4 is 0 Å². The van der Waals surface area contributed by atoms with Gasteiger partial charge >= 0.3 is 0 Å². The summed E-state index contributed by atoms with van der Waals surface area (Å²) >= 11 is 0. The highest BCUT2D eigenvalue weighted by molar-refractivity contribution is 6.15. The summed E-state index contributed by atoms with van der Waals surface area (Å²) in [5.74, 6) is 1.65. The smallest absolute Gasteiger partial charge is 0.164 e. The van der Waals surface area contributed by atoms with Gasteiger partial charge in [-0.15, -0.1) is 0 Å². The molecule has 5 aromatic heterocycles. The van der Waals surface area contributed by atoms with Crippen LogP contribution in [0.3, 0.4) is 0 Å². The number of para-hydroxylation sites is 3. The van der Waals surface area contributed by atoms with Crippen LogP contribution in [0.1, 0.15) is 0 Å². The molecular formula is C57H31N3O4. The van der Waals surface area contributed by atoms with Crippen LogP contribution in [0.25, 0.3) is 144 Å². The van der Waals surface area contributed by atoms with Gasteiger partial charge in [-0.2, -0.15) is 0 Å². The van der Waals surface area contributed by atoms with Crippen LogP contribution in [-0.4, -0.2) is 15.0 Å². The molecule has 298 valence electrons. The Morgan fingerprint density at radius 1 is 0.203 bits per heavy atom. The molecule has 0 aliphatic heterocycles. The highest BCUT2D eigenvalue weighted by atomic mass is 16.3. The number of aromatic nitrogens is 3. The van der Waals surface area contributed by atoms with Crippen molar-refractivity contribution in [3.05, 3.63) is 188 Å². The lowest BCUT2D eigenvalue weighted by Gasteiger charge is -2.10. The summed E-state index contributed by atoms with van der Waals surface area (Å²) in [5, 5.41) is 8.55. The zero-order valence-corrected chi connectivity index (χ0v) is 33.9. The van der Waals surface area contributed by atoms with E-state index in [4.69, 9.17) is 32.6 Å². The standard InChI is InChI=1S/C57H31N3O4/c1-4-16-47-39(13-1)42-23-20-37(28-51(42)61-47)56-58-55(59-57(60-56)38-21-24-43-40-14-2-5-17-48(40)62-52(43)29-38)36-12-8-11-34(26-36)32-9-7-10-33(25-32)35-19-22-44-46-30-45-41-15-3-6-18-49(41)63-53(45)31-54(46)64-50(44)27-35/h1-31H. The molecule has 0 saturated heterocycles. The SMILES string of the molecule is c1cc(-c2cccc(-c3nc(-c4ccc5c(c4)oc4ccccc45)nc(-c4ccc5c(c4)oc4ccccc45)n3)c2)cc(-c2ccc3c(c2)oc2cc4oc5ccccc5c4cc23)c1. The number of fused-ring (bicyclic) bond motifs is 12. The highest BCUT2D eigenvalue weighted by Gasteiger charge is 2.18. The van der Waals surface area contributed by atoms with Gasteiger partial charge in [0.25, 0.3) is 0 Å². The fraction of sp³-hybridized carbons (Fsp3) is 0. The highest BCUT2D eigenvalue weighted by Crippen LogP contribution is 2.40. The number of hydrogen-bond acceptors (Lipinski definition) is 7. The molecule has 0 unspecified atom stereocenters. The molecule has 0 amide bonds. The molecule has 0 spiro atoms. The zero-order valence-electron chi connectivity index (χ0n) is 33.9. The van der Waals surface area contributed by atoms with Gasteiger partial charge in [0.15, 0.2) is 17.5 Å². The quantitative estimate of drug-likeness (QED) is 0.171. The summed E-state index contributed by atoms with van der Waals surface area (Å²) in [7, 11) is 0. The van der Waals surface area contributed by atoms with E-state index < -0.39 is 0 Å². The van der Waals surface area contributed by atoms with Crippen LogP contribution in [0, 0.1) is 0 Å². The van der Waals surface area contributed by atoms with E-state index in [0.29, 0.717) is 17.5 Å². The van der Waals surface area contributed by atoms with Gasteiger partial charge in [-0.1, -0.05) is 109 Å². The molecule has 0 fully saturated rings. The molecule has 9 aromatic carbocycles. The predicted octanol–water partition coefficient (Wildman–Crippen LogP) is 15.8. The molecular weight excluding hydrogens is 791 g/mol. The van der Waals surface area contributed by atoms with Crippen molar-refractivity contribution in [1.29, 1.82) is 0 Å². The van der Waals surface area contributed by atoms with E-state index in [1.54, 1.807) is 0 Å². The predicted molar refractivity (Wildman–Crippen MR) is 256 cm³/mol. The van der Waals surface area contributed by atoms with E-state index in [1.807, 2.05) is 72.8 Å². The van der Waals surface area contributed by atoms with Crippen molar-refractivity contribution in [1.82, 2.24) is 15.0 Å². The summed E-state index contributed by atoms with van der Waals surface area (Å²) in [6, 6.07) is 64.2. The Bertz CT molecular complexity index is 4090. The second-order valence-electron chi connectivity index (χ2n) is 16.3. The Morgan fingerprint density at radius 2 is 0.516 bits per heavy atom. The minimum Gasteiger partial charge on any atom is -0.456 e. The van der Waals surface area contributed by atoms with Gasteiger partial charge in [-0.25, -0.2) is 15.0 Å². The Kier molecular flexibility index (Phi) is 7.27. The van der Waals surface area contributed by atoms with Crippen molar-refractivity contribution < 1.29 is 17.7 Å². The van der Waals surface area contributed by atoms with Crippen molar-refractivity contribution in [3.63, 3.8) is 0 Å². The summed E-state index contributed by atoms with van der Waals surface area (Å²) in [6.45, 7) is 0. The Labute approximate surface area is 363 Å². The number of nitrogens with zero attached hydrogens (tertiary/aromatic N) is 3. The maximum atomic E-state index is 6.46. The van der Waals surface area contributed by atoms with Gasteiger partial charge in [0, 0.05) is 65.8 Å². The largest absolute Gasteiger partial charge is 0.456 e. The topological polar surface area (TPSA) is 91.2 Å². The number of furan rings is 4. The van der Waals surface area contributed by atoms with Crippen molar-refractivity contribution >= 4 is 87.8 Å². The number of benzene rings is 9. The van der Waals surface area contributed by atoms with Gasteiger partial charge in [0.05, 0.1) is 0 Å². The molecule has 0 radical (unpaired) electrons. The second kappa shape index (κ2) is 13.3. The van der Waals surface area contributed by atoms with Crippen LogP contribution in [0.15, 0.2) is 206 Å². The molecule has 64 heavy (non-hydrogen) atoms. The van der Waals surface area contributed by atoms with Crippen LogP contribution in [-0.2, 0) is 0 Å². The van der Waals surface area contributed by atoms with E-state index >= 15 is 0 Å². The molecule has 0 saturated carbocycles. The first-order valence-corrected chi connectivity index (χ1v) is 21.2. The van der Waals surface area contributed by atoms with Crippen molar-refractivity contribution in [2.45, 2.75) is 0 Å². The maximum absolute atomic E-state index is 6.46. The molecule has 0 bridgehead atoms. The lowest BCUT2D eigenvalue weighted by atomic mass is 9.97. The molecule has 14 rings (SSSR count). The van der Waals surface area contributed by atoms with E-state index in [0.717, 1.165) is 127 Å². The van der Waals surface area contributed by atoms with Crippen LogP contribution in [0.5, 0.6) is 0 Å². The lowest BCUT2D eigenvalue weighted by molar-refractivity contribution is 0.656. The third-order valence-corrected chi connectivity index (χ3v) is 12.5. The minimum absolute atomic E-state index is 0.544. The third kappa shape index (κ3) is 5.44. The van der Waals surface area contributed by atoms with Crippen LogP contribution >= 0.6 is 0 Å². The van der Waals surface area contributed by atoms with Gasteiger partial charge in [-0.05, 0) is 95.1 Å². The fourth-order valence-corrected chi connectivity index (χ4v) is 9.38.